The van der Waals surface area contributed by atoms with Crippen LogP contribution in [0.3, 0.4) is 0 Å². The lowest BCUT2D eigenvalue weighted by Gasteiger charge is -2.28. The maximum absolute atomic E-state index is 12.7. The molecule has 0 aromatic carbocycles. The Balaban J connectivity index is 1.95. The zero-order chi connectivity index (χ0) is 15.3. The predicted octanol–water partition coefficient (Wildman–Crippen LogP) is 2.01. The van der Waals surface area contributed by atoms with E-state index in [1.807, 2.05) is 6.92 Å². The molecule has 0 unspecified atom stereocenters. The van der Waals surface area contributed by atoms with E-state index in [4.69, 9.17) is 18.8 Å². The third-order valence-corrected chi connectivity index (χ3v) is 8.06. The number of carbonyl (C=O) groups excluding carboxylic acids is 1. The zero-order valence-corrected chi connectivity index (χ0v) is 14.3. The van der Waals surface area contributed by atoms with Crippen molar-refractivity contribution >= 4 is 14.3 Å². The summed E-state index contributed by atoms with van der Waals surface area (Å²) in [7, 11) is -2.02. The van der Waals surface area contributed by atoms with Gasteiger partial charge >= 0.3 is 5.97 Å². The monoisotopic (exact) mass is 315 g/mol. The van der Waals surface area contributed by atoms with Crippen molar-refractivity contribution in [3.8, 4) is 0 Å². The van der Waals surface area contributed by atoms with Crippen LogP contribution in [0.25, 0.3) is 0 Å². The van der Waals surface area contributed by atoms with Crippen molar-refractivity contribution in [1.82, 2.24) is 5.23 Å². The average Bonchev–Trinajstić information content (AvgIpc) is 3.01. The summed E-state index contributed by atoms with van der Waals surface area (Å²) in [6.07, 6.45) is 2.62. The van der Waals surface area contributed by atoms with Gasteiger partial charge in [0.25, 0.3) is 0 Å². The van der Waals surface area contributed by atoms with E-state index >= 15 is 0 Å². The number of nitrogens with zero attached hydrogens (tertiary/aromatic N) is 1. The van der Waals surface area contributed by atoms with E-state index in [-0.39, 0.29) is 23.7 Å². The first-order valence-corrected chi connectivity index (χ1v) is 10.9. The van der Waals surface area contributed by atoms with Crippen LogP contribution in [0, 0.1) is 0 Å². The maximum Gasteiger partial charge on any atom is 0.334 e. The second-order valence-electron chi connectivity index (χ2n) is 6.58. The van der Waals surface area contributed by atoms with E-state index in [0.29, 0.717) is 13.2 Å². The summed E-state index contributed by atoms with van der Waals surface area (Å²) in [6, 6.07) is 0. The Labute approximate surface area is 126 Å². The Bertz CT molecular complexity index is 432. The van der Waals surface area contributed by atoms with Gasteiger partial charge in [-0.3, -0.25) is 9.68 Å². The lowest BCUT2D eigenvalue weighted by molar-refractivity contribution is -0.355. The van der Waals surface area contributed by atoms with Gasteiger partial charge in [0, 0.05) is 5.54 Å². The second kappa shape index (κ2) is 5.31. The van der Waals surface area contributed by atoms with Crippen LogP contribution in [0.15, 0.2) is 0 Å². The molecule has 3 heterocycles. The molecule has 4 atom stereocenters. The molecule has 3 fully saturated rings. The number of unbranched alkanes of at least 4 members (excludes halogenated alkanes) is 1. The first-order chi connectivity index (χ1) is 9.98. The molecule has 0 spiro atoms. The molecule has 3 aliphatic heterocycles. The maximum atomic E-state index is 12.7. The molecule has 0 radical (unpaired) electrons. The molecule has 21 heavy (non-hydrogen) atoms. The van der Waals surface area contributed by atoms with Crippen LogP contribution >= 0.6 is 0 Å². The molecule has 0 N–H and O–H groups in total. The predicted molar refractivity (Wildman–Crippen MR) is 77.7 cm³/mol. The third kappa shape index (κ3) is 2.02. The third-order valence-electron chi connectivity index (χ3n) is 4.91. The Hall–Kier alpha value is -0.473. The zero-order valence-electron chi connectivity index (χ0n) is 13.3. The minimum absolute atomic E-state index is 0.0562. The van der Waals surface area contributed by atoms with Crippen molar-refractivity contribution in [1.29, 1.82) is 0 Å². The van der Waals surface area contributed by atoms with Gasteiger partial charge in [-0.15, -0.1) is 0 Å². The molecule has 0 bridgehead atoms. The fourth-order valence-electron chi connectivity index (χ4n) is 3.88. The van der Waals surface area contributed by atoms with Crippen LogP contribution < -0.4 is 0 Å². The molecule has 0 saturated carbocycles. The van der Waals surface area contributed by atoms with Crippen molar-refractivity contribution < 1.29 is 23.6 Å². The normalized spacial score (nSPS) is 40.5. The molecule has 3 saturated heterocycles. The molecule has 3 rings (SSSR count). The number of hydrogen-bond donors (Lipinski definition) is 0. The van der Waals surface area contributed by atoms with Crippen LogP contribution in [-0.4, -0.2) is 50.5 Å². The Morgan fingerprint density at radius 1 is 1.43 bits per heavy atom. The van der Waals surface area contributed by atoms with Gasteiger partial charge in [0.2, 0.25) is 5.54 Å². The van der Waals surface area contributed by atoms with Crippen LogP contribution in [0.2, 0.25) is 18.6 Å². The van der Waals surface area contributed by atoms with Gasteiger partial charge in [-0.2, -0.15) is 0 Å². The van der Waals surface area contributed by atoms with E-state index in [9.17, 15) is 4.79 Å². The number of carbonyl (C=O) groups is 1. The number of hydrogen-bond acceptors (Lipinski definition) is 6. The molecule has 0 aliphatic carbocycles. The lowest BCUT2D eigenvalue weighted by Crippen LogP contribution is -2.54. The van der Waals surface area contributed by atoms with E-state index in [2.05, 4.69) is 20.0 Å². The fourth-order valence-corrected chi connectivity index (χ4v) is 6.95. The molecule has 3 aliphatic rings. The Morgan fingerprint density at radius 2 is 2.19 bits per heavy atom. The van der Waals surface area contributed by atoms with E-state index < -0.39 is 13.9 Å². The van der Waals surface area contributed by atoms with Gasteiger partial charge in [0.05, 0.1) is 13.2 Å². The highest BCUT2D eigenvalue weighted by Gasteiger charge is 2.78. The fraction of sp³-hybridized carbons (Fsp3) is 0.929. The SMILES string of the molecule is CCCC[C@@H]1ON2OC[C@@H]3[C@@]2(C(=O)OCC)[C@H]1O[Si]3(C)C. The molecule has 7 heteroatoms. The number of hydroxylamine groups is 2. The highest BCUT2D eigenvalue weighted by Crippen LogP contribution is 2.58. The molecule has 120 valence electrons. The Kier molecular flexibility index (Phi) is 3.90. The number of ether oxygens (including phenoxy) is 1. The quantitative estimate of drug-likeness (QED) is 0.571. The topological polar surface area (TPSA) is 57.2 Å². The summed E-state index contributed by atoms with van der Waals surface area (Å²) in [5.74, 6) is -0.255. The minimum Gasteiger partial charge on any atom is -0.464 e. The average molecular weight is 315 g/mol. The van der Waals surface area contributed by atoms with Gasteiger partial charge in [-0.05, 0) is 31.7 Å². The lowest BCUT2D eigenvalue weighted by atomic mass is 9.86. The van der Waals surface area contributed by atoms with Crippen LogP contribution in [0.5, 0.6) is 0 Å². The molecule has 0 aromatic heterocycles. The molecule has 0 aromatic rings. The van der Waals surface area contributed by atoms with E-state index in [0.717, 1.165) is 19.3 Å². The summed E-state index contributed by atoms with van der Waals surface area (Å²) in [5, 5.41) is 1.42. The summed E-state index contributed by atoms with van der Waals surface area (Å²) >= 11 is 0. The van der Waals surface area contributed by atoms with Gasteiger partial charge in [-0.1, -0.05) is 19.8 Å². The van der Waals surface area contributed by atoms with Crippen molar-refractivity contribution in [2.75, 3.05) is 13.2 Å². The van der Waals surface area contributed by atoms with Gasteiger partial charge < -0.3 is 9.16 Å². The van der Waals surface area contributed by atoms with E-state index in [1.165, 1.54) is 5.23 Å². The van der Waals surface area contributed by atoms with Gasteiger partial charge in [-0.25, -0.2) is 4.79 Å². The van der Waals surface area contributed by atoms with Crippen LogP contribution in [0.4, 0.5) is 0 Å². The summed E-state index contributed by atoms with van der Waals surface area (Å²) in [6.45, 7) is 9.11. The first kappa shape index (κ1) is 15.4. The minimum atomic E-state index is -2.02. The highest BCUT2D eigenvalue weighted by molar-refractivity contribution is 6.74. The van der Waals surface area contributed by atoms with Crippen molar-refractivity contribution in [2.45, 2.75) is 69.5 Å². The Morgan fingerprint density at radius 3 is 2.86 bits per heavy atom. The largest absolute Gasteiger partial charge is 0.464 e. The standard InChI is InChI=1S/C14H25NO5Si/c1-5-7-8-10-12-14(13(16)17-6-2)11(21(3,4)20-12)9-18-15(14)19-10/h10-12H,5-9H2,1-4H3/t10-,11+,12-,14-/m0/s1. The first-order valence-electron chi connectivity index (χ1n) is 7.93. The van der Waals surface area contributed by atoms with Crippen molar-refractivity contribution in [3.63, 3.8) is 0 Å². The molecular weight excluding hydrogens is 290 g/mol. The smallest absolute Gasteiger partial charge is 0.334 e. The van der Waals surface area contributed by atoms with E-state index in [1.54, 1.807) is 0 Å². The van der Waals surface area contributed by atoms with Gasteiger partial charge in [0.1, 0.15) is 12.2 Å². The molecule has 0 amide bonds. The summed E-state index contributed by atoms with van der Waals surface area (Å²) < 4.78 is 11.7. The summed E-state index contributed by atoms with van der Waals surface area (Å²) in [4.78, 5) is 24.3. The number of rotatable bonds is 5. The van der Waals surface area contributed by atoms with Crippen molar-refractivity contribution in [2.24, 2.45) is 0 Å². The van der Waals surface area contributed by atoms with Crippen LogP contribution in [0.1, 0.15) is 33.1 Å². The van der Waals surface area contributed by atoms with Crippen LogP contribution in [-0.2, 0) is 23.6 Å². The number of esters is 1. The second-order valence-corrected chi connectivity index (χ2v) is 10.7. The molecular formula is C14H25NO5Si. The molecule has 6 nitrogen and oxygen atoms in total. The van der Waals surface area contributed by atoms with Crippen molar-refractivity contribution in [3.05, 3.63) is 0 Å². The summed E-state index contributed by atoms with van der Waals surface area (Å²) in [5.41, 5.74) is -0.829. The highest BCUT2D eigenvalue weighted by atomic mass is 28.4. The van der Waals surface area contributed by atoms with Gasteiger partial charge in [0.15, 0.2) is 8.32 Å².